The highest BCUT2D eigenvalue weighted by Gasteiger charge is 2.31. The first-order valence-corrected chi connectivity index (χ1v) is 8.21. The van der Waals surface area contributed by atoms with Crippen LogP contribution in [0.2, 0.25) is 0 Å². The topological polar surface area (TPSA) is 57.2 Å². The Morgan fingerprint density at radius 1 is 1.35 bits per heavy atom. The fourth-order valence-corrected chi connectivity index (χ4v) is 3.00. The Hall–Kier alpha value is -1.12. The van der Waals surface area contributed by atoms with E-state index in [-0.39, 0.29) is 11.9 Å². The maximum Gasteiger partial charge on any atom is 0.238 e. The van der Waals surface area contributed by atoms with Gasteiger partial charge in [0.25, 0.3) is 0 Å². The lowest BCUT2D eigenvalue weighted by Gasteiger charge is -2.30. The van der Waals surface area contributed by atoms with Crippen molar-refractivity contribution in [3.05, 3.63) is 24.0 Å². The minimum Gasteiger partial charge on any atom is -0.378 e. The van der Waals surface area contributed by atoms with Crippen LogP contribution in [0.1, 0.15) is 0 Å². The number of aliphatic hydroxyl groups excluding tert-OH is 1. The van der Waals surface area contributed by atoms with Crippen molar-refractivity contribution in [2.24, 2.45) is 0 Å². The molecular formula is C15H21ClFN3O3. The van der Waals surface area contributed by atoms with Gasteiger partial charge in [0.15, 0.2) is 0 Å². The van der Waals surface area contributed by atoms with Crippen LogP contribution in [0.15, 0.2) is 18.2 Å². The van der Waals surface area contributed by atoms with Gasteiger partial charge in [-0.3, -0.25) is 0 Å². The molecule has 3 rings (SSSR count). The maximum atomic E-state index is 14.5. The van der Waals surface area contributed by atoms with E-state index in [4.69, 9.17) is 21.1 Å². The highest BCUT2D eigenvalue weighted by Crippen LogP contribution is 2.29. The maximum absolute atomic E-state index is 14.5. The standard InChI is InChI=1S/C15H21ClFN3O3/c16-10-18-8-12-9-20(15(21)23-12)11-1-2-14(13(17)7-11)19-3-5-22-6-4-19/h1-2,7,12,15,18,21H,3-6,8-10H2/t12-,15?/m0/s1. The zero-order chi connectivity index (χ0) is 16.2. The first kappa shape index (κ1) is 16.7. The van der Waals surface area contributed by atoms with Crippen molar-refractivity contribution in [1.82, 2.24) is 5.32 Å². The number of benzene rings is 1. The van der Waals surface area contributed by atoms with Gasteiger partial charge in [-0.25, -0.2) is 4.39 Å². The minimum atomic E-state index is -1.08. The summed E-state index contributed by atoms with van der Waals surface area (Å²) in [5.74, 6) is -0.307. The second kappa shape index (κ2) is 7.63. The van der Waals surface area contributed by atoms with Crippen molar-refractivity contribution in [3.8, 4) is 0 Å². The lowest BCUT2D eigenvalue weighted by Crippen LogP contribution is -2.37. The number of anilines is 2. The SMILES string of the molecule is OC1O[C@@H](CNCCl)CN1c1ccc(N2CCOCC2)c(F)c1. The Morgan fingerprint density at radius 2 is 2.13 bits per heavy atom. The van der Waals surface area contributed by atoms with E-state index in [9.17, 15) is 9.50 Å². The average molecular weight is 346 g/mol. The van der Waals surface area contributed by atoms with Gasteiger partial charge in [-0.15, -0.1) is 11.6 Å². The largest absolute Gasteiger partial charge is 0.378 e. The molecule has 2 fully saturated rings. The summed E-state index contributed by atoms with van der Waals surface area (Å²) in [7, 11) is 0. The van der Waals surface area contributed by atoms with Gasteiger partial charge in [-0.2, -0.15) is 0 Å². The first-order valence-electron chi connectivity index (χ1n) is 7.68. The van der Waals surface area contributed by atoms with Gasteiger partial charge in [0.1, 0.15) is 5.82 Å². The van der Waals surface area contributed by atoms with E-state index >= 15 is 0 Å². The number of nitrogens with zero attached hydrogens (tertiary/aromatic N) is 2. The lowest BCUT2D eigenvalue weighted by atomic mass is 10.2. The van der Waals surface area contributed by atoms with Gasteiger partial charge in [0.2, 0.25) is 6.41 Å². The number of rotatable bonds is 5. The molecule has 1 unspecified atom stereocenters. The first-order chi connectivity index (χ1) is 11.2. The lowest BCUT2D eigenvalue weighted by molar-refractivity contribution is -0.0870. The van der Waals surface area contributed by atoms with E-state index in [1.807, 2.05) is 4.90 Å². The van der Waals surface area contributed by atoms with Crippen LogP contribution in [-0.4, -0.2) is 63.0 Å². The molecule has 0 aromatic heterocycles. The number of aliphatic hydroxyl groups is 1. The molecule has 0 bridgehead atoms. The van der Waals surface area contributed by atoms with E-state index in [1.54, 1.807) is 17.0 Å². The van der Waals surface area contributed by atoms with Crippen molar-refractivity contribution in [1.29, 1.82) is 0 Å². The smallest absolute Gasteiger partial charge is 0.238 e. The van der Waals surface area contributed by atoms with Gasteiger partial charge in [0, 0.05) is 25.3 Å². The van der Waals surface area contributed by atoms with Gasteiger partial charge in [0.05, 0.1) is 37.6 Å². The van der Waals surface area contributed by atoms with Crippen LogP contribution >= 0.6 is 11.6 Å². The van der Waals surface area contributed by atoms with Crippen LogP contribution in [0.25, 0.3) is 0 Å². The zero-order valence-electron chi connectivity index (χ0n) is 12.8. The molecule has 0 amide bonds. The third-order valence-electron chi connectivity index (χ3n) is 4.06. The second-order valence-electron chi connectivity index (χ2n) is 5.56. The molecule has 23 heavy (non-hydrogen) atoms. The summed E-state index contributed by atoms with van der Waals surface area (Å²) in [6.07, 6.45) is -1.27. The number of alkyl halides is 1. The molecule has 8 heteroatoms. The molecule has 0 saturated carbocycles. The second-order valence-corrected chi connectivity index (χ2v) is 5.83. The highest BCUT2D eigenvalue weighted by molar-refractivity contribution is 6.17. The molecule has 2 saturated heterocycles. The number of hydrogen-bond acceptors (Lipinski definition) is 6. The predicted molar refractivity (Wildman–Crippen MR) is 86.4 cm³/mol. The van der Waals surface area contributed by atoms with Crippen molar-refractivity contribution in [2.45, 2.75) is 12.5 Å². The summed E-state index contributed by atoms with van der Waals surface area (Å²) in [5.41, 5.74) is 1.16. The number of nitrogens with one attached hydrogen (secondary N) is 1. The molecule has 0 radical (unpaired) electrons. The van der Waals surface area contributed by atoms with Crippen molar-refractivity contribution < 1.29 is 19.0 Å². The summed E-state index contributed by atoms with van der Waals surface area (Å²) >= 11 is 5.58. The van der Waals surface area contributed by atoms with Gasteiger partial charge >= 0.3 is 0 Å². The average Bonchev–Trinajstić information content (AvgIpc) is 2.94. The van der Waals surface area contributed by atoms with E-state index in [0.29, 0.717) is 56.8 Å². The normalized spacial score (nSPS) is 25.2. The molecule has 2 aliphatic heterocycles. The Bertz CT molecular complexity index is 531. The molecule has 2 atom stereocenters. The number of halogens is 2. The summed E-state index contributed by atoms with van der Waals surface area (Å²) in [5, 5.41) is 13.0. The van der Waals surface area contributed by atoms with Gasteiger partial charge in [-0.05, 0) is 18.2 Å². The van der Waals surface area contributed by atoms with Crippen LogP contribution in [0.4, 0.5) is 15.8 Å². The minimum absolute atomic E-state index is 0.189. The van der Waals surface area contributed by atoms with Crippen molar-refractivity contribution in [2.75, 3.05) is 55.2 Å². The molecule has 0 aliphatic carbocycles. The monoisotopic (exact) mass is 345 g/mol. The Kier molecular flexibility index (Phi) is 5.55. The quantitative estimate of drug-likeness (QED) is 0.611. The van der Waals surface area contributed by atoms with Crippen molar-refractivity contribution in [3.63, 3.8) is 0 Å². The summed E-state index contributed by atoms with van der Waals surface area (Å²) < 4.78 is 25.2. The van der Waals surface area contributed by atoms with Crippen LogP contribution in [0.5, 0.6) is 0 Å². The van der Waals surface area contributed by atoms with Gasteiger partial charge in [-0.1, -0.05) is 0 Å². The van der Waals surface area contributed by atoms with Crippen LogP contribution in [0, 0.1) is 5.82 Å². The molecule has 1 aromatic rings. The van der Waals surface area contributed by atoms with Gasteiger partial charge < -0.3 is 29.7 Å². The summed E-state index contributed by atoms with van der Waals surface area (Å²) in [6, 6.07) is 5.30. The molecule has 0 spiro atoms. The zero-order valence-corrected chi connectivity index (χ0v) is 13.5. The fraction of sp³-hybridized carbons (Fsp3) is 0.600. The Balaban J connectivity index is 1.69. The number of ether oxygens (including phenoxy) is 2. The highest BCUT2D eigenvalue weighted by atomic mass is 35.5. The van der Waals surface area contributed by atoms with Crippen LogP contribution < -0.4 is 15.1 Å². The molecule has 128 valence electrons. The molecule has 2 heterocycles. The molecule has 2 aliphatic rings. The summed E-state index contributed by atoms with van der Waals surface area (Å²) in [6.45, 7) is 3.58. The van der Waals surface area contributed by atoms with Crippen LogP contribution in [-0.2, 0) is 9.47 Å². The Labute approximate surface area is 139 Å². The van der Waals surface area contributed by atoms with E-state index in [0.717, 1.165) is 0 Å². The number of morpholine rings is 1. The fourth-order valence-electron chi connectivity index (χ4n) is 2.89. The third kappa shape index (κ3) is 3.87. The molecule has 1 aromatic carbocycles. The predicted octanol–water partition coefficient (Wildman–Crippen LogP) is 0.929. The van der Waals surface area contributed by atoms with E-state index in [2.05, 4.69) is 5.32 Å². The summed E-state index contributed by atoms with van der Waals surface area (Å²) in [4.78, 5) is 3.60. The third-order valence-corrected chi connectivity index (χ3v) is 4.25. The Morgan fingerprint density at radius 3 is 2.83 bits per heavy atom. The number of hydrogen-bond donors (Lipinski definition) is 2. The molecular weight excluding hydrogens is 325 g/mol. The van der Waals surface area contributed by atoms with Crippen LogP contribution in [0.3, 0.4) is 0 Å². The molecule has 6 nitrogen and oxygen atoms in total. The van der Waals surface area contributed by atoms with E-state index in [1.165, 1.54) is 6.07 Å². The molecule has 2 N–H and O–H groups in total. The van der Waals surface area contributed by atoms with Crippen molar-refractivity contribution >= 4 is 23.0 Å². The van der Waals surface area contributed by atoms with E-state index < -0.39 is 6.41 Å².